The summed E-state index contributed by atoms with van der Waals surface area (Å²) >= 11 is 0. The van der Waals surface area contributed by atoms with Crippen LogP contribution in [0.2, 0.25) is 0 Å². The molecule has 1 aliphatic rings. The molecule has 1 aromatic carbocycles. The smallest absolute Gasteiger partial charge is 0.244 e. The number of carbonyl (C=O) groups is 2. The van der Waals surface area contributed by atoms with Crippen molar-refractivity contribution in [2.75, 3.05) is 18.4 Å². The van der Waals surface area contributed by atoms with E-state index in [9.17, 15) is 9.59 Å². The maximum atomic E-state index is 12.1. The van der Waals surface area contributed by atoms with Gasteiger partial charge in [-0.2, -0.15) is 0 Å². The summed E-state index contributed by atoms with van der Waals surface area (Å²) < 4.78 is 0. The Bertz CT molecular complexity index is 523. The number of carbonyl (C=O) groups excluding carboxylic acids is 2. The highest BCUT2D eigenvalue weighted by molar-refractivity contribution is 5.96. The molecule has 1 heterocycles. The van der Waals surface area contributed by atoms with E-state index < -0.39 is 0 Å². The van der Waals surface area contributed by atoms with E-state index in [4.69, 9.17) is 0 Å². The molecule has 1 saturated heterocycles. The summed E-state index contributed by atoms with van der Waals surface area (Å²) in [5, 5.41) is 2.97. The van der Waals surface area contributed by atoms with Crippen LogP contribution in [0.4, 0.5) is 5.69 Å². The largest absolute Gasteiger partial charge is 0.333 e. The Balaban J connectivity index is 2.09. The molecule has 20 heavy (non-hydrogen) atoms. The van der Waals surface area contributed by atoms with Crippen molar-refractivity contribution in [3.63, 3.8) is 0 Å². The molecule has 1 aromatic rings. The van der Waals surface area contributed by atoms with Gasteiger partial charge in [-0.1, -0.05) is 32.0 Å². The summed E-state index contributed by atoms with van der Waals surface area (Å²) in [7, 11) is 0. The Morgan fingerprint density at radius 3 is 2.75 bits per heavy atom. The van der Waals surface area contributed by atoms with Crippen LogP contribution in [0.25, 0.3) is 0 Å². The molecule has 0 atom stereocenters. The fraction of sp³-hybridized carbons (Fsp3) is 0.500. The van der Waals surface area contributed by atoms with Gasteiger partial charge in [-0.25, -0.2) is 0 Å². The number of nitrogens with one attached hydrogen (secondary N) is 1. The van der Waals surface area contributed by atoms with Crippen LogP contribution >= 0.6 is 0 Å². The van der Waals surface area contributed by atoms with Crippen LogP contribution in [0.15, 0.2) is 18.2 Å². The number of para-hydroxylation sites is 1. The summed E-state index contributed by atoms with van der Waals surface area (Å²) in [6.45, 7) is 7.05. The van der Waals surface area contributed by atoms with E-state index in [2.05, 4.69) is 19.2 Å². The number of anilines is 1. The second-order valence-corrected chi connectivity index (χ2v) is 5.66. The molecule has 0 saturated carbocycles. The summed E-state index contributed by atoms with van der Waals surface area (Å²) in [6.07, 6.45) is 1.42. The Morgan fingerprint density at radius 1 is 1.40 bits per heavy atom. The normalized spacial score (nSPS) is 15.0. The van der Waals surface area contributed by atoms with Crippen molar-refractivity contribution < 1.29 is 9.59 Å². The lowest BCUT2D eigenvalue weighted by Gasteiger charge is -2.19. The van der Waals surface area contributed by atoms with Gasteiger partial charge < -0.3 is 10.2 Å². The zero-order chi connectivity index (χ0) is 14.7. The van der Waals surface area contributed by atoms with Crippen LogP contribution in [0.1, 0.15) is 43.7 Å². The second-order valence-electron chi connectivity index (χ2n) is 5.66. The maximum Gasteiger partial charge on any atom is 0.244 e. The molecule has 0 radical (unpaired) electrons. The number of nitrogens with zero attached hydrogens (tertiary/aromatic N) is 1. The number of hydrogen-bond acceptors (Lipinski definition) is 2. The van der Waals surface area contributed by atoms with Gasteiger partial charge in [-0.3, -0.25) is 9.59 Å². The molecule has 0 spiro atoms. The highest BCUT2D eigenvalue weighted by Gasteiger charge is 2.23. The first kappa shape index (κ1) is 14.6. The molecule has 1 N–H and O–H groups in total. The number of amides is 2. The molecule has 2 amide bonds. The average molecular weight is 274 g/mol. The predicted octanol–water partition coefficient (Wildman–Crippen LogP) is 2.68. The molecular weight excluding hydrogens is 252 g/mol. The monoisotopic (exact) mass is 274 g/mol. The van der Waals surface area contributed by atoms with E-state index in [1.165, 1.54) is 0 Å². The van der Waals surface area contributed by atoms with Gasteiger partial charge in [0, 0.05) is 18.7 Å². The fourth-order valence-corrected chi connectivity index (χ4v) is 2.57. The fourth-order valence-electron chi connectivity index (χ4n) is 2.57. The lowest BCUT2D eigenvalue weighted by Crippen LogP contribution is -2.34. The van der Waals surface area contributed by atoms with Crippen LogP contribution in [-0.2, 0) is 9.59 Å². The highest BCUT2D eigenvalue weighted by Crippen LogP contribution is 2.27. The lowest BCUT2D eigenvalue weighted by molar-refractivity contribution is -0.131. The zero-order valence-electron chi connectivity index (χ0n) is 12.4. The Kier molecular flexibility index (Phi) is 4.42. The number of rotatable bonds is 4. The van der Waals surface area contributed by atoms with Crippen molar-refractivity contribution in [3.8, 4) is 0 Å². The molecule has 1 aliphatic heterocycles. The molecule has 4 heteroatoms. The Labute approximate surface area is 120 Å². The van der Waals surface area contributed by atoms with Crippen LogP contribution in [-0.4, -0.2) is 29.8 Å². The van der Waals surface area contributed by atoms with E-state index in [0.29, 0.717) is 18.9 Å². The summed E-state index contributed by atoms with van der Waals surface area (Å²) in [6, 6.07) is 6.03. The minimum absolute atomic E-state index is 0.0778. The Morgan fingerprint density at radius 2 is 2.15 bits per heavy atom. The minimum atomic E-state index is -0.114. The summed E-state index contributed by atoms with van der Waals surface area (Å²) in [4.78, 5) is 25.3. The van der Waals surface area contributed by atoms with Gasteiger partial charge in [-0.15, -0.1) is 0 Å². The molecule has 0 bridgehead atoms. The minimum Gasteiger partial charge on any atom is -0.333 e. The van der Waals surface area contributed by atoms with E-state index in [0.717, 1.165) is 23.2 Å². The molecule has 0 unspecified atom stereocenters. The quantitative estimate of drug-likeness (QED) is 0.917. The third-order valence-electron chi connectivity index (χ3n) is 3.70. The topological polar surface area (TPSA) is 49.4 Å². The van der Waals surface area contributed by atoms with E-state index in [1.807, 2.05) is 25.1 Å². The lowest BCUT2D eigenvalue weighted by atomic mass is 9.98. The summed E-state index contributed by atoms with van der Waals surface area (Å²) in [5.74, 6) is 0.309. The zero-order valence-corrected chi connectivity index (χ0v) is 12.4. The van der Waals surface area contributed by atoms with E-state index in [-0.39, 0.29) is 18.4 Å². The average Bonchev–Trinajstić information content (AvgIpc) is 2.77. The van der Waals surface area contributed by atoms with Gasteiger partial charge in [0.25, 0.3) is 0 Å². The molecule has 0 aromatic heterocycles. The van der Waals surface area contributed by atoms with Crippen molar-refractivity contribution in [3.05, 3.63) is 29.3 Å². The molecular formula is C16H22N2O2. The second kappa shape index (κ2) is 6.07. The van der Waals surface area contributed by atoms with Gasteiger partial charge >= 0.3 is 0 Å². The van der Waals surface area contributed by atoms with Crippen LogP contribution in [0, 0.1) is 6.92 Å². The Hall–Kier alpha value is -1.84. The first-order chi connectivity index (χ1) is 9.49. The van der Waals surface area contributed by atoms with Crippen LogP contribution in [0.5, 0.6) is 0 Å². The van der Waals surface area contributed by atoms with Gasteiger partial charge in [0.05, 0.1) is 6.54 Å². The van der Waals surface area contributed by atoms with Gasteiger partial charge in [-0.05, 0) is 30.4 Å². The van der Waals surface area contributed by atoms with Gasteiger partial charge in [0.1, 0.15) is 0 Å². The van der Waals surface area contributed by atoms with E-state index >= 15 is 0 Å². The van der Waals surface area contributed by atoms with Crippen molar-refractivity contribution in [1.82, 2.24) is 4.90 Å². The van der Waals surface area contributed by atoms with Gasteiger partial charge in [0.15, 0.2) is 0 Å². The molecule has 108 valence electrons. The third kappa shape index (κ3) is 3.18. The number of hydrogen-bond donors (Lipinski definition) is 1. The van der Waals surface area contributed by atoms with Gasteiger partial charge in [0.2, 0.25) is 11.8 Å². The van der Waals surface area contributed by atoms with Crippen LogP contribution in [0.3, 0.4) is 0 Å². The van der Waals surface area contributed by atoms with Crippen molar-refractivity contribution in [2.24, 2.45) is 0 Å². The maximum absolute atomic E-state index is 12.1. The molecule has 0 aliphatic carbocycles. The molecule has 1 fully saturated rings. The molecule has 2 rings (SSSR count). The molecule has 4 nitrogen and oxygen atoms in total. The standard InChI is InChI=1S/C16H22N2O2/c1-11(2)13-7-4-6-12(3)16(13)17-14(19)10-18-9-5-8-15(18)20/h4,6-7,11H,5,8-10H2,1-3H3,(H,17,19). The number of aryl methyl sites for hydroxylation is 1. The first-order valence-electron chi connectivity index (χ1n) is 7.16. The number of benzene rings is 1. The SMILES string of the molecule is Cc1cccc(C(C)C)c1NC(=O)CN1CCCC1=O. The van der Waals surface area contributed by atoms with Crippen molar-refractivity contribution in [1.29, 1.82) is 0 Å². The van der Waals surface area contributed by atoms with Crippen molar-refractivity contribution in [2.45, 2.75) is 39.5 Å². The first-order valence-corrected chi connectivity index (χ1v) is 7.16. The van der Waals surface area contributed by atoms with E-state index in [1.54, 1.807) is 4.90 Å². The van der Waals surface area contributed by atoms with Crippen LogP contribution < -0.4 is 5.32 Å². The third-order valence-corrected chi connectivity index (χ3v) is 3.70. The number of likely N-dealkylation sites (tertiary alicyclic amines) is 1. The van der Waals surface area contributed by atoms with Crippen molar-refractivity contribution >= 4 is 17.5 Å². The summed E-state index contributed by atoms with van der Waals surface area (Å²) in [5.41, 5.74) is 3.07. The predicted molar refractivity (Wildman–Crippen MR) is 79.7 cm³/mol. The highest BCUT2D eigenvalue weighted by atomic mass is 16.2.